The zero-order valence-corrected chi connectivity index (χ0v) is 18.1. The lowest BCUT2D eigenvalue weighted by Gasteiger charge is -2.43. The van der Waals surface area contributed by atoms with Crippen molar-refractivity contribution in [1.82, 2.24) is 5.32 Å². The molecule has 0 aliphatic heterocycles. The van der Waals surface area contributed by atoms with E-state index >= 15 is 0 Å². The van der Waals surface area contributed by atoms with Crippen LogP contribution in [0.5, 0.6) is 0 Å². The summed E-state index contributed by atoms with van der Waals surface area (Å²) in [5.41, 5.74) is 0.772. The predicted molar refractivity (Wildman–Crippen MR) is 114 cm³/mol. The van der Waals surface area contributed by atoms with Crippen molar-refractivity contribution in [3.8, 4) is 0 Å². The molecule has 0 heterocycles. The average molecular weight is 451 g/mol. The van der Waals surface area contributed by atoms with Crippen molar-refractivity contribution in [2.75, 3.05) is 0 Å². The van der Waals surface area contributed by atoms with Crippen LogP contribution in [0.15, 0.2) is 48.5 Å². The lowest BCUT2D eigenvalue weighted by molar-refractivity contribution is -0.137. The van der Waals surface area contributed by atoms with Gasteiger partial charge in [0.15, 0.2) is 0 Å². The monoisotopic (exact) mass is 451 g/mol. The Hall–Kier alpha value is -2.87. The first-order valence-corrected chi connectivity index (χ1v) is 10.4. The van der Waals surface area contributed by atoms with Crippen LogP contribution in [0.4, 0.5) is 13.2 Å². The maximum atomic E-state index is 12.0. The Balaban J connectivity index is 0.000000258. The summed E-state index contributed by atoms with van der Waals surface area (Å²) in [7, 11) is 0. The number of carbonyl (C=O) groups excluding carboxylic acids is 1. The van der Waals surface area contributed by atoms with E-state index in [1.807, 2.05) is 26.0 Å². The first-order valence-electron chi connectivity index (χ1n) is 10.4. The van der Waals surface area contributed by atoms with Gasteiger partial charge in [-0.15, -0.1) is 0 Å². The Morgan fingerprint density at radius 3 is 1.97 bits per heavy atom. The molecule has 2 aromatic carbocycles. The molecule has 3 rings (SSSR count). The van der Waals surface area contributed by atoms with Crippen molar-refractivity contribution >= 4 is 11.9 Å². The number of hydrogen-bond acceptors (Lipinski definition) is 3. The Labute approximate surface area is 185 Å². The second-order valence-electron chi connectivity index (χ2n) is 8.32. The van der Waals surface area contributed by atoms with Gasteiger partial charge in [0.25, 0.3) is 0 Å². The molecule has 0 spiro atoms. The van der Waals surface area contributed by atoms with Gasteiger partial charge in [-0.1, -0.05) is 38.1 Å². The number of benzene rings is 2. The predicted octanol–water partition coefficient (Wildman–Crippen LogP) is 5.12. The Morgan fingerprint density at radius 1 is 1.03 bits per heavy atom. The van der Waals surface area contributed by atoms with Crippen molar-refractivity contribution in [2.45, 2.75) is 57.9 Å². The molecule has 5 nitrogen and oxygen atoms in total. The zero-order chi connectivity index (χ0) is 23.9. The van der Waals surface area contributed by atoms with Gasteiger partial charge in [0, 0.05) is 6.42 Å². The lowest BCUT2D eigenvalue weighted by atomic mass is 9.71. The van der Waals surface area contributed by atoms with Gasteiger partial charge in [-0.3, -0.25) is 4.79 Å². The van der Waals surface area contributed by atoms with E-state index < -0.39 is 17.7 Å². The van der Waals surface area contributed by atoms with Crippen molar-refractivity contribution in [3.05, 3.63) is 70.8 Å². The number of aromatic carboxylic acids is 1. The first kappa shape index (κ1) is 25.4. The number of aliphatic hydroxyl groups excluding tert-OH is 1. The van der Waals surface area contributed by atoms with E-state index in [1.165, 1.54) is 12.1 Å². The molecular formula is C24H28F3NO4. The Bertz CT molecular complexity index is 902. The summed E-state index contributed by atoms with van der Waals surface area (Å²) in [6, 6.07) is 11.2. The van der Waals surface area contributed by atoms with Crippen LogP contribution in [0, 0.1) is 5.92 Å². The van der Waals surface area contributed by atoms with Crippen LogP contribution in [0.1, 0.15) is 66.6 Å². The van der Waals surface area contributed by atoms with Gasteiger partial charge in [-0.25, -0.2) is 4.79 Å². The van der Waals surface area contributed by atoms with Crippen LogP contribution in [0.3, 0.4) is 0 Å². The van der Waals surface area contributed by atoms with E-state index in [0.717, 1.165) is 37.0 Å². The molecule has 1 fully saturated rings. The average Bonchev–Trinajstić information content (AvgIpc) is 2.70. The number of carboxylic acid groups (broad SMARTS) is 1. The first-order chi connectivity index (χ1) is 15.0. The number of hydrogen-bond donors (Lipinski definition) is 3. The van der Waals surface area contributed by atoms with Gasteiger partial charge in [-0.2, -0.15) is 13.2 Å². The van der Waals surface area contributed by atoms with Crippen LogP contribution in [-0.2, 0) is 23.1 Å². The van der Waals surface area contributed by atoms with E-state index in [2.05, 4.69) is 5.32 Å². The zero-order valence-electron chi connectivity index (χ0n) is 18.1. The smallest absolute Gasteiger partial charge is 0.416 e. The normalized spacial score (nSPS) is 14.7. The fourth-order valence-corrected chi connectivity index (χ4v) is 3.44. The quantitative estimate of drug-likeness (QED) is 0.569. The van der Waals surface area contributed by atoms with Crippen LogP contribution >= 0.6 is 0 Å². The lowest BCUT2D eigenvalue weighted by Crippen LogP contribution is -2.51. The van der Waals surface area contributed by atoms with Gasteiger partial charge in [-0.05, 0) is 60.6 Å². The van der Waals surface area contributed by atoms with Gasteiger partial charge in [0.05, 0.1) is 23.3 Å². The molecule has 0 radical (unpaired) electrons. The molecule has 1 aliphatic rings. The molecule has 1 aliphatic carbocycles. The minimum atomic E-state index is -4.30. The number of aliphatic hydroxyl groups is 1. The molecule has 0 aromatic heterocycles. The molecule has 32 heavy (non-hydrogen) atoms. The third-order valence-corrected chi connectivity index (χ3v) is 5.33. The van der Waals surface area contributed by atoms with Crippen molar-refractivity contribution in [1.29, 1.82) is 0 Å². The fraction of sp³-hybridized carbons (Fsp3) is 0.417. The topological polar surface area (TPSA) is 86.6 Å². The van der Waals surface area contributed by atoms with Gasteiger partial charge < -0.3 is 15.5 Å². The summed E-state index contributed by atoms with van der Waals surface area (Å²) in [5.74, 6) is -0.522. The van der Waals surface area contributed by atoms with E-state index in [4.69, 9.17) is 10.2 Å². The second-order valence-corrected chi connectivity index (χ2v) is 8.32. The number of amides is 1. The van der Waals surface area contributed by atoms with E-state index in [9.17, 15) is 22.8 Å². The van der Waals surface area contributed by atoms with Gasteiger partial charge in [0.2, 0.25) is 5.91 Å². The molecular weight excluding hydrogens is 423 g/mol. The summed E-state index contributed by atoms with van der Waals surface area (Å²) in [4.78, 5) is 22.9. The molecule has 8 heteroatoms. The Morgan fingerprint density at radius 2 is 1.59 bits per heavy atom. The standard InChI is InChI=1S/C16H21NO3.C8H7F3O/c1-11(2)10-14(18)17-16(8-3-9-16)13-6-4-12(5-7-13)15(19)20;9-8(10,11)7-3-1-6(5-12)2-4-7/h4-7,11H,3,8-10H2,1-2H3,(H,17,18)(H,19,20);1-4,12H,5H2. The van der Waals surface area contributed by atoms with Crippen LogP contribution in [0.25, 0.3) is 0 Å². The van der Waals surface area contributed by atoms with Crippen molar-refractivity contribution < 1.29 is 33.0 Å². The molecule has 0 unspecified atom stereocenters. The van der Waals surface area contributed by atoms with E-state index in [1.54, 1.807) is 12.1 Å². The minimum Gasteiger partial charge on any atom is -0.478 e. The largest absolute Gasteiger partial charge is 0.478 e. The van der Waals surface area contributed by atoms with Crippen LogP contribution in [-0.4, -0.2) is 22.1 Å². The highest BCUT2D eigenvalue weighted by atomic mass is 19.4. The molecule has 0 bridgehead atoms. The van der Waals surface area contributed by atoms with Gasteiger partial charge >= 0.3 is 12.1 Å². The highest BCUT2D eigenvalue weighted by Crippen LogP contribution is 2.41. The molecule has 174 valence electrons. The molecule has 1 saturated carbocycles. The summed E-state index contributed by atoms with van der Waals surface area (Å²) in [5, 5.41) is 20.6. The SMILES string of the molecule is CC(C)CC(=O)NC1(c2ccc(C(=O)O)cc2)CCC1.OCc1ccc(C(F)(F)F)cc1. The number of nitrogens with one attached hydrogen (secondary N) is 1. The van der Waals surface area contributed by atoms with E-state index in [0.29, 0.717) is 17.9 Å². The van der Waals surface area contributed by atoms with Gasteiger partial charge in [0.1, 0.15) is 0 Å². The van der Waals surface area contributed by atoms with Crippen LogP contribution < -0.4 is 5.32 Å². The second kappa shape index (κ2) is 10.6. The van der Waals surface area contributed by atoms with Crippen LogP contribution in [0.2, 0.25) is 0 Å². The number of rotatable bonds is 6. The fourth-order valence-electron chi connectivity index (χ4n) is 3.44. The molecule has 1 amide bonds. The highest BCUT2D eigenvalue weighted by molar-refractivity contribution is 5.87. The third kappa shape index (κ3) is 6.82. The molecule has 2 aromatic rings. The summed E-state index contributed by atoms with van der Waals surface area (Å²) >= 11 is 0. The summed E-state index contributed by atoms with van der Waals surface area (Å²) in [6.45, 7) is 3.81. The number of halogens is 3. The van der Waals surface area contributed by atoms with Crippen molar-refractivity contribution in [2.24, 2.45) is 5.92 Å². The van der Waals surface area contributed by atoms with Crippen molar-refractivity contribution in [3.63, 3.8) is 0 Å². The third-order valence-electron chi connectivity index (χ3n) is 5.33. The minimum absolute atomic E-state index is 0.0713. The molecule has 0 saturated heterocycles. The maximum Gasteiger partial charge on any atom is 0.416 e. The number of carbonyl (C=O) groups is 2. The number of carboxylic acids is 1. The molecule has 0 atom stereocenters. The van der Waals surface area contributed by atoms with E-state index in [-0.39, 0.29) is 23.6 Å². The highest BCUT2D eigenvalue weighted by Gasteiger charge is 2.40. The maximum absolute atomic E-state index is 12.0. The Kier molecular flexibility index (Phi) is 8.44. The molecule has 3 N–H and O–H groups in total. The summed E-state index contributed by atoms with van der Waals surface area (Å²) < 4.78 is 35.9. The number of alkyl halides is 3. The summed E-state index contributed by atoms with van der Waals surface area (Å²) in [6.07, 6.45) is -0.849.